The molecular weight excluding hydrogens is 348 g/mol. The lowest BCUT2D eigenvalue weighted by Crippen LogP contribution is -2.38. The van der Waals surface area contributed by atoms with Crippen molar-refractivity contribution in [3.8, 4) is 0 Å². The molecule has 0 amide bonds. The normalized spacial score (nSPS) is 12.2. The summed E-state index contributed by atoms with van der Waals surface area (Å²) in [7, 11) is -3.63. The highest BCUT2D eigenvalue weighted by Crippen LogP contribution is 2.12. The Morgan fingerprint density at radius 1 is 1.20 bits per heavy atom. The van der Waals surface area contributed by atoms with Crippen molar-refractivity contribution in [3.63, 3.8) is 0 Å². The van der Waals surface area contributed by atoms with Crippen LogP contribution in [0.15, 0.2) is 4.79 Å². The average molecular weight is 374 g/mol. The first-order valence-corrected chi connectivity index (χ1v) is 9.92. The van der Waals surface area contributed by atoms with Gasteiger partial charge >= 0.3 is 6.09 Å². The van der Waals surface area contributed by atoms with Gasteiger partial charge in [-0.2, -0.15) is 13.0 Å². The molecule has 0 bridgehead atoms. The minimum absolute atomic E-state index is 0.0153. The highest BCUT2D eigenvalue weighted by molar-refractivity contribution is 7.85. The van der Waals surface area contributed by atoms with E-state index < -0.39 is 27.4 Å². The summed E-state index contributed by atoms with van der Waals surface area (Å²) in [5.41, 5.74) is -0.242. The molecule has 1 aromatic heterocycles. The molecule has 1 aromatic rings. The standard InChI is InChI=1S/C16H26N2O6S/c1-7-11-12(8-2)17-13(9-10-23-25(6,21)22)18(14(11)19)15(20)24-16(3,4)5/h7-10H2,1-6H3. The Hall–Kier alpha value is -1.74. The molecule has 0 aromatic carbocycles. The second-order valence-corrected chi connectivity index (χ2v) is 8.20. The second kappa shape index (κ2) is 8.09. The van der Waals surface area contributed by atoms with Gasteiger partial charge in [-0.05, 0) is 33.6 Å². The zero-order valence-electron chi connectivity index (χ0n) is 15.6. The third kappa shape index (κ3) is 6.24. The summed E-state index contributed by atoms with van der Waals surface area (Å²) in [4.78, 5) is 29.6. The van der Waals surface area contributed by atoms with Crippen LogP contribution in [-0.2, 0) is 38.3 Å². The van der Waals surface area contributed by atoms with Crippen LogP contribution < -0.4 is 5.56 Å². The van der Waals surface area contributed by atoms with Crippen molar-refractivity contribution in [1.29, 1.82) is 0 Å². The quantitative estimate of drug-likeness (QED) is 0.697. The van der Waals surface area contributed by atoms with Gasteiger partial charge in [-0.15, -0.1) is 0 Å². The van der Waals surface area contributed by atoms with E-state index in [1.54, 1.807) is 20.8 Å². The van der Waals surface area contributed by atoms with Crippen molar-refractivity contribution in [3.05, 3.63) is 27.4 Å². The molecule has 0 spiro atoms. The van der Waals surface area contributed by atoms with Gasteiger partial charge < -0.3 is 4.74 Å². The Balaban J connectivity index is 3.38. The van der Waals surface area contributed by atoms with Gasteiger partial charge in [0, 0.05) is 12.0 Å². The molecule has 9 heteroatoms. The number of aromatic nitrogens is 2. The van der Waals surface area contributed by atoms with E-state index in [-0.39, 0.29) is 18.9 Å². The Kier molecular flexibility index (Phi) is 6.90. The lowest BCUT2D eigenvalue weighted by Gasteiger charge is -2.22. The van der Waals surface area contributed by atoms with Crippen LogP contribution in [0, 0.1) is 0 Å². The van der Waals surface area contributed by atoms with Gasteiger partial charge in [0.15, 0.2) is 0 Å². The smallest absolute Gasteiger partial charge is 0.422 e. The lowest BCUT2D eigenvalue weighted by molar-refractivity contribution is 0.0522. The highest BCUT2D eigenvalue weighted by atomic mass is 32.2. The first kappa shape index (κ1) is 21.3. The molecule has 0 N–H and O–H groups in total. The van der Waals surface area contributed by atoms with Gasteiger partial charge in [-0.25, -0.2) is 9.78 Å². The fourth-order valence-corrected chi connectivity index (χ4v) is 2.63. The van der Waals surface area contributed by atoms with Gasteiger partial charge in [0.25, 0.3) is 15.7 Å². The zero-order chi connectivity index (χ0) is 19.4. The number of carbonyl (C=O) groups is 1. The van der Waals surface area contributed by atoms with E-state index in [9.17, 15) is 18.0 Å². The number of nitrogens with zero attached hydrogens (tertiary/aromatic N) is 2. The summed E-state index contributed by atoms with van der Waals surface area (Å²) in [5.74, 6) is 0.122. The average Bonchev–Trinajstić information content (AvgIpc) is 2.43. The van der Waals surface area contributed by atoms with Crippen molar-refractivity contribution >= 4 is 16.2 Å². The Labute approximate surface area is 148 Å². The van der Waals surface area contributed by atoms with Crippen LogP contribution in [0.2, 0.25) is 0 Å². The van der Waals surface area contributed by atoms with Crippen molar-refractivity contribution in [2.24, 2.45) is 0 Å². The minimum Gasteiger partial charge on any atom is -0.443 e. The van der Waals surface area contributed by atoms with Crippen LogP contribution in [0.4, 0.5) is 4.79 Å². The first-order chi connectivity index (χ1) is 11.4. The van der Waals surface area contributed by atoms with Crippen molar-refractivity contribution < 1.29 is 22.1 Å². The van der Waals surface area contributed by atoms with Gasteiger partial charge in [0.05, 0.1) is 18.6 Å². The van der Waals surface area contributed by atoms with Crippen LogP contribution in [0.5, 0.6) is 0 Å². The zero-order valence-corrected chi connectivity index (χ0v) is 16.4. The van der Waals surface area contributed by atoms with E-state index >= 15 is 0 Å². The highest BCUT2D eigenvalue weighted by Gasteiger charge is 2.24. The summed E-state index contributed by atoms with van der Waals surface area (Å²) in [5, 5.41) is 0. The van der Waals surface area contributed by atoms with E-state index in [0.717, 1.165) is 10.8 Å². The molecule has 0 saturated carbocycles. The molecule has 1 heterocycles. The Morgan fingerprint density at radius 3 is 2.24 bits per heavy atom. The van der Waals surface area contributed by atoms with Gasteiger partial charge in [0.1, 0.15) is 11.4 Å². The van der Waals surface area contributed by atoms with Crippen LogP contribution in [0.1, 0.15) is 51.7 Å². The summed E-state index contributed by atoms with van der Waals surface area (Å²) in [6, 6.07) is 0. The molecule has 0 aliphatic carbocycles. The minimum atomic E-state index is -3.63. The number of rotatable bonds is 6. The molecule has 0 saturated heterocycles. The van der Waals surface area contributed by atoms with Gasteiger partial charge in [-0.1, -0.05) is 13.8 Å². The molecule has 0 aliphatic heterocycles. The van der Waals surface area contributed by atoms with E-state index in [4.69, 9.17) is 8.92 Å². The SMILES string of the molecule is CCc1nc(CCOS(C)(=O)=O)n(C(=O)OC(C)(C)C)c(=O)c1CC. The molecule has 25 heavy (non-hydrogen) atoms. The molecule has 0 radical (unpaired) electrons. The summed E-state index contributed by atoms with van der Waals surface area (Å²) < 4.78 is 33.1. The second-order valence-electron chi connectivity index (χ2n) is 6.56. The van der Waals surface area contributed by atoms with E-state index in [0.29, 0.717) is 24.1 Å². The van der Waals surface area contributed by atoms with E-state index in [1.807, 2.05) is 13.8 Å². The van der Waals surface area contributed by atoms with Crippen LogP contribution in [0.25, 0.3) is 0 Å². The predicted octanol–water partition coefficient (Wildman–Crippen LogP) is 1.67. The molecule has 1 rings (SSSR count). The maximum absolute atomic E-state index is 12.8. The maximum atomic E-state index is 12.8. The summed E-state index contributed by atoms with van der Waals surface area (Å²) in [6.07, 6.45) is 1.03. The molecular formula is C16H26N2O6S. The Bertz CT molecular complexity index is 790. The predicted molar refractivity (Wildman–Crippen MR) is 93.4 cm³/mol. The van der Waals surface area contributed by atoms with Crippen LogP contribution in [0.3, 0.4) is 0 Å². The molecule has 142 valence electrons. The number of hydrogen-bond acceptors (Lipinski definition) is 7. The molecule has 0 fully saturated rings. The Morgan fingerprint density at radius 2 is 1.80 bits per heavy atom. The number of ether oxygens (including phenoxy) is 1. The summed E-state index contributed by atoms with van der Waals surface area (Å²) >= 11 is 0. The van der Waals surface area contributed by atoms with Crippen molar-refractivity contribution in [2.45, 2.75) is 59.5 Å². The number of carbonyl (C=O) groups excluding carboxylic acids is 1. The summed E-state index contributed by atoms with van der Waals surface area (Å²) in [6.45, 7) is 8.52. The third-order valence-corrected chi connectivity index (χ3v) is 3.81. The van der Waals surface area contributed by atoms with Crippen LogP contribution >= 0.6 is 0 Å². The maximum Gasteiger partial charge on any atom is 0.422 e. The number of hydrogen-bond donors (Lipinski definition) is 0. The molecule has 0 atom stereocenters. The monoisotopic (exact) mass is 374 g/mol. The molecule has 0 aliphatic rings. The lowest BCUT2D eigenvalue weighted by atomic mass is 10.1. The third-order valence-electron chi connectivity index (χ3n) is 3.22. The number of aryl methyl sites for hydroxylation is 1. The fourth-order valence-electron chi connectivity index (χ4n) is 2.24. The van der Waals surface area contributed by atoms with Crippen LogP contribution in [-0.4, -0.2) is 42.5 Å². The molecule has 0 unspecified atom stereocenters. The van der Waals surface area contributed by atoms with E-state index in [1.165, 1.54) is 0 Å². The van der Waals surface area contributed by atoms with E-state index in [2.05, 4.69) is 4.98 Å². The van der Waals surface area contributed by atoms with Crippen molar-refractivity contribution in [1.82, 2.24) is 9.55 Å². The first-order valence-electron chi connectivity index (χ1n) is 8.11. The van der Waals surface area contributed by atoms with Crippen molar-refractivity contribution in [2.75, 3.05) is 12.9 Å². The largest absolute Gasteiger partial charge is 0.443 e. The molecule has 8 nitrogen and oxygen atoms in total. The topological polar surface area (TPSA) is 105 Å². The van der Waals surface area contributed by atoms with Gasteiger partial charge in [0.2, 0.25) is 0 Å². The van der Waals surface area contributed by atoms with Gasteiger partial charge in [-0.3, -0.25) is 8.98 Å². The fraction of sp³-hybridized carbons (Fsp3) is 0.688.